The van der Waals surface area contributed by atoms with Gasteiger partial charge in [0.2, 0.25) is 0 Å². The van der Waals surface area contributed by atoms with Gasteiger partial charge in [-0.15, -0.1) is 0 Å². The predicted molar refractivity (Wildman–Crippen MR) is 43.7 cm³/mol. The Kier molecular flexibility index (Phi) is 1.89. The second-order valence-corrected chi connectivity index (χ2v) is 2.62. The van der Waals surface area contributed by atoms with E-state index in [2.05, 4.69) is 4.98 Å². The van der Waals surface area contributed by atoms with Crippen molar-refractivity contribution in [2.45, 2.75) is 6.43 Å². The van der Waals surface area contributed by atoms with Gasteiger partial charge in [0, 0.05) is 0 Å². The van der Waals surface area contributed by atoms with Crippen LogP contribution in [0, 0.1) is 11.3 Å². The Morgan fingerprint density at radius 3 is 2.86 bits per heavy atom. The molecule has 0 saturated heterocycles. The average Bonchev–Trinajstić information content (AvgIpc) is 2.60. The maximum atomic E-state index is 12.2. The normalized spacial score (nSPS) is 10.7. The molecule has 0 saturated carbocycles. The highest BCUT2D eigenvalue weighted by molar-refractivity contribution is 5.79. The summed E-state index contributed by atoms with van der Waals surface area (Å²) in [6.07, 6.45) is -2.76. The number of benzene rings is 1. The fraction of sp³-hybridized carbons (Fsp3) is 0.111. The Morgan fingerprint density at radius 1 is 1.43 bits per heavy atom. The van der Waals surface area contributed by atoms with Crippen molar-refractivity contribution in [3.05, 3.63) is 29.7 Å². The molecule has 1 aromatic heterocycles. The molecule has 1 aromatic carbocycles. The van der Waals surface area contributed by atoms with Gasteiger partial charge in [-0.3, -0.25) is 0 Å². The van der Waals surface area contributed by atoms with Crippen LogP contribution in [0.2, 0.25) is 0 Å². The van der Waals surface area contributed by atoms with Crippen molar-refractivity contribution in [2.75, 3.05) is 0 Å². The molecule has 0 aliphatic rings. The quantitative estimate of drug-likeness (QED) is 0.701. The summed E-state index contributed by atoms with van der Waals surface area (Å²) in [5.74, 6) is -0.650. The van der Waals surface area contributed by atoms with E-state index in [1.165, 1.54) is 12.1 Å². The number of hydrogen-bond donors (Lipinski definition) is 0. The Balaban J connectivity index is 2.72. The first-order chi connectivity index (χ1) is 6.72. The third-order valence-corrected chi connectivity index (χ3v) is 1.74. The lowest BCUT2D eigenvalue weighted by molar-refractivity contribution is 0.117. The molecule has 2 aromatic rings. The van der Waals surface area contributed by atoms with Gasteiger partial charge in [0.15, 0.2) is 5.58 Å². The number of oxazole rings is 1. The Labute approximate surface area is 77.6 Å². The fourth-order valence-electron chi connectivity index (χ4n) is 1.15. The SMILES string of the molecule is N#Cc1cccc2oc(C(F)F)nc12. The van der Waals surface area contributed by atoms with Crippen molar-refractivity contribution in [1.29, 1.82) is 5.26 Å². The van der Waals surface area contributed by atoms with E-state index in [1.807, 2.05) is 6.07 Å². The molecule has 0 atom stereocenters. The number of fused-ring (bicyclic) bond motifs is 1. The number of alkyl halides is 2. The summed E-state index contributed by atoms with van der Waals surface area (Å²) in [4.78, 5) is 3.54. The van der Waals surface area contributed by atoms with Crippen LogP contribution < -0.4 is 0 Å². The van der Waals surface area contributed by atoms with E-state index in [9.17, 15) is 8.78 Å². The van der Waals surface area contributed by atoms with Gasteiger partial charge in [0.05, 0.1) is 5.56 Å². The first-order valence-electron chi connectivity index (χ1n) is 3.80. The number of halogens is 2. The summed E-state index contributed by atoms with van der Waals surface area (Å²) in [6, 6.07) is 6.41. The standard InChI is InChI=1S/C9H4F2N2O/c10-8(11)9-13-7-5(4-12)2-1-3-6(7)14-9/h1-3,8H. The third kappa shape index (κ3) is 1.21. The molecule has 2 rings (SSSR count). The van der Waals surface area contributed by atoms with Crippen LogP contribution in [-0.2, 0) is 0 Å². The van der Waals surface area contributed by atoms with Crippen LogP contribution in [0.15, 0.2) is 22.6 Å². The second kappa shape index (κ2) is 3.07. The van der Waals surface area contributed by atoms with Gasteiger partial charge in [-0.1, -0.05) is 6.07 Å². The molecule has 0 aliphatic carbocycles. The summed E-state index contributed by atoms with van der Waals surface area (Å²) < 4.78 is 29.2. The zero-order chi connectivity index (χ0) is 10.1. The summed E-state index contributed by atoms with van der Waals surface area (Å²) in [5, 5.41) is 8.66. The number of nitriles is 1. The van der Waals surface area contributed by atoms with Crippen molar-refractivity contribution >= 4 is 11.1 Å². The minimum Gasteiger partial charge on any atom is -0.435 e. The zero-order valence-corrected chi connectivity index (χ0v) is 6.87. The lowest BCUT2D eigenvalue weighted by atomic mass is 10.2. The molecule has 0 aliphatic heterocycles. The molecular formula is C9H4F2N2O. The topological polar surface area (TPSA) is 49.8 Å². The molecule has 0 amide bonds. The smallest absolute Gasteiger partial charge is 0.313 e. The molecule has 1 heterocycles. The van der Waals surface area contributed by atoms with Gasteiger partial charge in [0.25, 0.3) is 5.89 Å². The monoisotopic (exact) mass is 194 g/mol. The van der Waals surface area contributed by atoms with Crippen molar-refractivity contribution in [2.24, 2.45) is 0 Å². The molecular weight excluding hydrogens is 190 g/mol. The van der Waals surface area contributed by atoms with E-state index in [4.69, 9.17) is 9.68 Å². The van der Waals surface area contributed by atoms with Crippen LogP contribution in [0.4, 0.5) is 8.78 Å². The van der Waals surface area contributed by atoms with Crippen LogP contribution >= 0.6 is 0 Å². The van der Waals surface area contributed by atoms with E-state index in [-0.39, 0.29) is 16.7 Å². The fourth-order valence-corrected chi connectivity index (χ4v) is 1.15. The lowest BCUT2D eigenvalue weighted by Crippen LogP contribution is -1.82. The van der Waals surface area contributed by atoms with Crippen LogP contribution in [0.1, 0.15) is 17.9 Å². The van der Waals surface area contributed by atoms with Gasteiger partial charge in [0.1, 0.15) is 11.6 Å². The molecule has 3 nitrogen and oxygen atoms in total. The molecule has 0 bridgehead atoms. The highest BCUT2D eigenvalue weighted by Crippen LogP contribution is 2.24. The highest BCUT2D eigenvalue weighted by atomic mass is 19.3. The van der Waals surface area contributed by atoms with E-state index >= 15 is 0 Å². The van der Waals surface area contributed by atoms with E-state index < -0.39 is 12.3 Å². The lowest BCUT2D eigenvalue weighted by Gasteiger charge is -1.86. The maximum Gasteiger partial charge on any atom is 0.313 e. The van der Waals surface area contributed by atoms with Gasteiger partial charge in [-0.25, -0.2) is 4.98 Å². The summed E-state index contributed by atoms with van der Waals surface area (Å²) in [6.45, 7) is 0. The summed E-state index contributed by atoms with van der Waals surface area (Å²) in [7, 11) is 0. The first-order valence-corrected chi connectivity index (χ1v) is 3.80. The third-order valence-electron chi connectivity index (χ3n) is 1.74. The van der Waals surface area contributed by atoms with Gasteiger partial charge in [-0.05, 0) is 12.1 Å². The van der Waals surface area contributed by atoms with Gasteiger partial charge >= 0.3 is 6.43 Å². The van der Waals surface area contributed by atoms with Crippen LogP contribution in [0.25, 0.3) is 11.1 Å². The number of nitrogens with zero attached hydrogens (tertiary/aromatic N) is 2. The number of para-hydroxylation sites is 1. The second-order valence-electron chi connectivity index (χ2n) is 2.62. The van der Waals surface area contributed by atoms with Crippen molar-refractivity contribution in [1.82, 2.24) is 4.98 Å². The molecule has 0 fully saturated rings. The maximum absolute atomic E-state index is 12.2. The highest BCUT2D eigenvalue weighted by Gasteiger charge is 2.16. The van der Waals surface area contributed by atoms with Crippen LogP contribution in [0.5, 0.6) is 0 Å². The predicted octanol–water partition coefficient (Wildman–Crippen LogP) is 2.64. The molecule has 14 heavy (non-hydrogen) atoms. The van der Waals surface area contributed by atoms with Crippen molar-refractivity contribution in [3.8, 4) is 6.07 Å². The molecule has 0 unspecified atom stereocenters. The minimum absolute atomic E-state index is 0.185. The van der Waals surface area contributed by atoms with Gasteiger partial charge in [-0.2, -0.15) is 14.0 Å². The van der Waals surface area contributed by atoms with Crippen molar-refractivity contribution < 1.29 is 13.2 Å². The molecule has 0 spiro atoms. The first kappa shape index (κ1) is 8.63. The average molecular weight is 194 g/mol. The Hall–Kier alpha value is -1.96. The Bertz CT molecular complexity index is 513. The van der Waals surface area contributed by atoms with E-state index in [0.29, 0.717) is 0 Å². The molecule has 5 heteroatoms. The largest absolute Gasteiger partial charge is 0.435 e. The zero-order valence-electron chi connectivity index (χ0n) is 6.87. The summed E-state index contributed by atoms with van der Waals surface area (Å²) >= 11 is 0. The number of aromatic nitrogens is 1. The van der Waals surface area contributed by atoms with Crippen LogP contribution in [0.3, 0.4) is 0 Å². The number of rotatable bonds is 1. The van der Waals surface area contributed by atoms with Gasteiger partial charge < -0.3 is 4.42 Å². The summed E-state index contributed by atoms with van der Waals surface area (Å²) in [5.41, 5.74) is 0.628. The van der Waals surface area contributed by atoms with Crippen LogP contribution in [-0.4, -0.2) is 4.98 Å². The molecule has 0 N–H and O–H groups in total. The molecule has 0 radical (unpaired) electrons. The number of hydrogen-bond acceptors (Lipinski definition) is 3. The Morgan fingerprint density at radius 2 is 2.21 bits per heavy atom. The minimum atomic E-state index is -2.76. The molecule has 70 valence electrons. The van der Waals surface area contributed by atoms with E-state index in [0.717, 1.165) is 0 Å². The van der Waals surface area contributed by atoms with E-state index in [1.54, 1.807) is 6.07 Å². The van der Waals surface area contributed by atoms with Crippen molar-refractivity contribution in [3.63, 3.8) is 0 Å².